The van der Waals surface area contributed by atoms with E-state index in [2.05, 4.69) is 5.10 Å². The zero-order valence-corrected chi connectivity index (χ0v) is 19.4. The third-order valence-electron chi connectivity index (χ3n) is 5.13. The number of hydrogen-bond donors (Lipinski definition) is 0. The summed E-state index contributed by atoms with van der Waals surface area (Å²) in [4.78, 5) is 20.7. The summed E-state index contributed by atoms with van der Waals surface area (Å²) < 4.78 is 3.97. The molecule has 0 spiro atoms. The molecule has 0 unspecified atom stereocenters. The van der Waals surface area contributed by atoms with Crippen LogP contribution in [0.15, 0.2) is 54.6 Å². The van der Waals surface area contributed by atoms with Crippen molar-refractivity contribution in [3.63, 3.8) is 0 Å². The van der Waals surface area contributed by atoms with Gasteiger partial charge in [0.25, 0.3) is 5.91 Å². The molecule has 8 heteroatoms. The molecule has 0 bridgehead atoms. The maximum absolute atomic E-state index is 13.7. The molecule has 5 rings (SSSR count). The number of amides is 1. The summed E-state index contributed by atoms with van der Waals surface area (Å²) in [5.41, 5.74) is 2.91. The van der Waals surface area contributed by atoms with Crippen LogP contribution in [0.5, 0.6) is 0 Å². The Bertz CT molecular complexity index is 1380. The second-order valence-electron chi connectivity index (χ2n) is 7.31. The summed E-state index contributed by atoms with van der Waals surface area (Å²) in [6.45, 7) is 5.01. The number of fused-ring (bicyclic) bond motifs is 2. The van der Waals surface area contributed by atoms with Gasteiger partial charge in [0.15, 0.2) is 5.13 Å². The molecule has 0 N–H and O–H groups in total. The van der Waals surface area contributed by atoms with Crippen molar-refractivity contribution < 1.29 is 4.79 Å². The molecular weight excluding hydrogens is 448 g/mol. The number of rotatable bonds is 5. The number of carbonyl (C=O) groups is 1. The van der Waals surface area contributed by atoms with E-state index in [0.717, 1.165) is 31.7 Å². The van der Waals surface area contributed by atoms with Crippen molar-refractivity contribution in [2.75, 3.05) is 11.4 Å². The van der Waals surface area contributed by atoms with Crippen LogP contribution in [0, 0.1) is 13.8 Å². The molecule has 0 aliphatic rings. The Balaban J connectivity index is 1.55. The SMILES string of the molecule is Cc1cc(C)n(CCN(C(=O)c2sc3ccccc3c2Cl)c2nc3ccccc3s2)n1. The Labute approximate surface area is 192 Å². The number of thiophene rings is 1. The maximum atomic E-state index is 13.7. The topological polar surface area (TPSA) is 51.0 Å². The van der Waals surface area contributed by atoms with Gasteiger partial charge in [0.05, 0.1) is 27.5 Å². The minimum atomic E-state index is -0.133. The summed E-state index contributed by atoms with van der Waals surface area (Å²) in [6.07, 6.45) is 0. The molecule has 1 amide bonds. The van der Waals surface area contributed by atoms with Crippen molar-refractivity contribution in [1.82, 2.24) is 14.8 Å². The molecule has 0 aliphatic carbocycles. The van der Waals surface area contributed by atoms with Crippen molar-refractivity contribution in [2.24, 2.45) is 0 Å². The average molecular weight is 467 g/mol. The maximum Gasteiger partial charge on any atom is 0.271 e. The Morgan fingerprint density at radius 1 is 1.06 bits per heavy atom. The van der Waals surface area contributed by atoms with Crippen molar-refractivity contribution >= 4 is 65.6 Å². The summed E-state index contributed by atoms with van der Waals surface area (Å²) in [7, 11) is 0. The lowest BCUT2D eigenvalue weighted by Crippen LogP contribution is -2.34. The first-order valence-corrected chi connectivity index (χ1v) is 11.9. The molecule has 0 aliphatic heterocycles. The molecular formula is C23H19ClN4OS2. The average Bonchev–Trinajstić information content (AvgIpc) is 3.43. The molecule has 31 heavy (non-hydrogen) atoms. The normalized spacial score (nSPS) is 11.5. The number of hydrogen-bond acceptors (Lipinski definition) is 5. The van der Waals surface area contributed by atoms with E-state index in [1.165, 1.54) is 22.7 Å². The molecule has 5 aromatic rings. The molecule has 5 nitrogen and oxygen atoms in total. The van der Waals surface area contributed by atoms with Crippen LogP contribution in [0.2, 0.25) is 5.02 Å². The molecule has 0 fully saturated rings. The van der Waals surface area contributed by atoms with Crippen molar-refractivity contribution in [3.05, 3.63) is 75.9 Å². The predicted molar refractivity (Wildman–Crippen MR) is 130 cm³/mol. The first kappa shape index (κ1) is 20.2. The third kappa shape index (κ3) is 3.73. The van der Waals surface area contributed by atoms with Gasteiger partial charge in [-0.25, -0.2) is 4.98 Å². The van der Waals surface area contributed by atoms with Crippen LogP contribution < -0.4 is 4.90 Å². The number of halogens is 1. The zero-order chi connectivity index (χ0) is 21.5. The standard InChI is InChI=1S/C23H19ClN4OS2/c1-14-13-15(2)28(26-14)12-11-27(23-25-17-8-4-6-10-19(17)31-23)22(29)21-20(24)16-7-3-5-9-18(16)30-21/h3-10,13H,11-12H2,1-2H3. The molecule has 0 saturated heterocycles. The number of aryl methyl sites for hydroxylation is 2. The summed E-state index contributed by atoms with van der Waals surface area (Å²) in [5, 5.41) is 6.61. The van der Waals surface area contributed by atoms with E-state index in [1.807, 2.05) is 73.1 Å². The highest BCUT2D eigenvalue weighted by atomic mass is 35.5. The van der Waals surface area contributed by atoms with Crippen molar-refractivity contribution in [3.8, 4) is 0 Å². The Morgan fingerprint density at radius 3 is 2.52 bits per heavy atom. The minimum Gasteiger partial charge on any atom is -0.281 e. The lowest BCUT2D eigenvalue weighted by Gasteiger charge is -2.20. The number of aromatic nitrogens is 3. The highest BCUT2D eigenvalue weighted by Crippen LogP contribution is 2.37. The molecule has 3 heterocycles. The van der Waals surface area contributed by atoms with Crippen LogP contribution in [0.1, 0.15) is 21.1 Å². The van der Waals surface area contributed by atoms with Crippen LogP contribution in [-0.2, 0) is 6.54 Å². The fraction of sp³-hybridized carbons (Fsp3) is 0.174. The van der Waals surface area contributed by atoms with Crippen LogP contribution in [-0.4, -0.2) is 27.2 Å². The Kier molecular flexibility index (Phi) is 5.25. The van der Waals surface area contributed by atoms with E-state index < -0.39 is 0 Å². The van der Waals surface area contributed by atoms with Crippen molar-refractivity contribution in [1.29, 1.82) is 0 Å². The monoisotopic (exact) mass is 466 g/mol. The number of nitrogens with zero attached hydrogens (tertiary/aromatic N) is 4. The fourth-order valence-electron chi connectivity index (χ4n) is 3.63. The van der Waals surface area contributed by atoms with Gasteiger partial charge < -0.3 is 0 Å². The van der Waals surface area contributed by atoms with Gasteiger partial charge >= 0.3 is 0 Å². The second-order valence-corrected chi connectivity index (χ2v) is 9.75. The van der Waals surface area contributed by atoms with Gasteiger partial charge in [0.1, 0.15) is 4.88 Å². The van der Waals surface area contributed by atoms with E-state index in [-0.39, 0.29) is 5.91 Å². The lowest BCUT2D eigenvalue weighted by molar-refractivity contribution is 0.0990. The van der Waals surface area contributed by atoms with Crippen molar-refractivity contribution in [2.45, 2.75) is 20.4 Å². The van der Waals surface area contributed by atoms with Crippen LogP contribution in [0.4, 0.5) is 5.13 Å². The van der Waals surface area contributed by atoms with Gasteiger partial charge in [-0.2, -0.15) is 5.10 Å². The quantitative estimate of drug-likeness (QED) is 0.304. The summed E-state index contributed by atoms with van der Waals surface area (Å²) >= 11 is 9.57. The molecule has 3 aromatic heterocycles. The van der Waals surface area contributed by atoms with E-state index in [1.54, 1.807) is 4.90 Å². The van der Waals surface area contributed by atoms with E-state index in [4.69, 9.17) is 16.6 Å². The Hall–Kier alpha value is -2.74. The summed E-state index contributed by atoms with van der Waals surface area (Å²) in [5.74, 6) is -0.133. The molecule has 0 atom stereocenters. The first-order valence-electron chi connectivity index (χ1n) is 9.87. The van der Waals surface area contributed by atoms with E-state index in [9.17, 15) is 4.79 Å². The zero-order valence-electron chi connectivity index (χ0n) is 17.0. The fourth-order valence-corrected chi connectivity index (χ4v) is 6.08. The minimum absolute atomic E-state index is 0.133. The van der Waals surface area contributed by atoms with E-state index >= 15 is 0 Å². The number of anilines is 1. The predicted octanol–water partition coefficient (Wildman–Crippen LogP) is 6.32. The smallest absolute Gasteiger partial charge is 0.271 e. The van der Waals surface area contributed by atoms with Gasteiger partial charge in [-0.15, -0.1) is 11.3 Å². The van der Waals surface area contributed by atoms with Crippen LogP contribution in [0.3, 0.4) is 0 Å². The van der Waals surface area contributed by atoms with Gasteiger partial charge in [-0.05, 0) is 38.1 Å². The molecule has 0 saturated carbocycles. The molecule has 2 aromatic carbocycles. The number of carbonyl (C=O) groups excluding carboxylic acids is 1. The molecule has 0 radical (unpaired) electrons. The Morgan fingerprint density at radius 2 is 1.81 bits per heavy atom. The van der Waals surface area contributed by atoms with Gasteiger partial charge in [0.2, 0.25) is 0 Å². The third-order valence-corrected chi connectivity index (χ3v) is 7.85. The van der Waals surface area contributed by atoms with Gasteiger partial charge in [0, 0.05) is 22.3 Å². The molecule has 156 valence electrons. The second kappa shape index (κ2) is 8.07. The highest BCUT2D eigenvalue weighted by Gasteiger charge is 2.26. The van der Waals surface area contributed by atoms with Crippen LogP contribution in [0.25, 0.3) is 20.3 Å². The lowest BCUT2D eigenvalue weighted by atomic mass is 10.2. The first-order chi connectivity index (χ1) is 15.0. The number of thiazole rings is 1. The van der Waals surface area contributed by atoms with Gasteiger partial charge in [-0.1, -0.05) is 53.3 Å². The summed E-state index contributed by atoms with van der Waals surface area (Å²) in [6, 6.07) is 17.8. The van der Waals surface area contributed by atoms with Crippen LogP contribution >= 0.6 is 34.3 Å². The highest BCUT2D eigenvalue weighted by molar-refractivity contribution is 7.23. The van der Waals surface area contributed by atoms with Gasteiger partial charge in [-0.3, -0.25) is 14.4 Å². The number of para-hydroxylation sites is 1. The largest absolute Gasteiger partial charge is 0.281 e. The number of benzene rings is 2. The van der Waals surface area contributed by atoms with E-state index in [0.29, 0.717) is 28.1 Å².